The molecule has 10 unspecified atom stereocenters. The van der Waals surface area contributed by atoms with E-state index in [-0.39, 0.29) is 50.7 Å². The van der Waals surface area contributed by atoms with Crippen molar-refractivity contribution in [3.8, 4) is 28.7 Å². The van der Waals surface area contributed by atoms with Crippen LogP contribution in [0.4, 0.5) is 0 Å². The second-order valence-corrected chi connectivity index (χ2v) is 10.6. The van der Waals surface area contributed by atoms with E-state index >= 15 is 0 Å². The molecule has 2 aliphatic heterocycles. The summed E-state index contributed by atoms with van der Waals surface area (Å²) < 4.78 is 50.6. The van der Waals surface area contributed by atoms with Crippen LogP contribution in [0.3, 0.4) is 0 Å². The van der Waals surface area contributed by atoms with Crippen LogP contribution in [0.1, 0.15) is 0 Å². The van der Waals surface area contributed by atoms with Gasteiger partial charge < -0.3 is 78.1 Å². The van der Waals surface area contributed by atoms with Gasteiger partial charge in [-0.1, -0.05) is 6.07 Å². The number of hydrogen-bond donors (Lipinski definition) is 7. The molecule has 2 aliphatic rings. The summed E-state index contributed by atoms with van der Waals surface area (Å²) in [5.74, 6) is -0.320. The zero-order valence-electron chi connectivity index (χ0n) is 25.1. The lowest BCUT2D eigenvalue weighted by Crippen LogP contribution is -2.62. The zero-order valence-corrected chi connectivity index (χ0v) is 25.1. The number of aliphatic hydroxyl groups is 7. The van der Waals surface area contributed by atoms with Gasteiger partial charge in [0.2, 0.25) is 29.0 Å². The fraction of sp³-hybridized carbons (Fsp3) is 0.552. The van der Waals surface area contributed by atoms with Crippen LogP contribution in [0.15, 0.2) is 27.4 Å². The van der Waals surface area contributed by atoms with Crippen molar-refractivity contribution in [2.24, 2.45) is 0 Å². The number of aliphatic hydroxyl groups excluding tert-OH is 7. The quantitative estimate of drug-likeness (QED) is 0.116. The minimum absolute atomic E-state index is 0.0296. The molecule has 0 aliphatic carbocycles. The van der Waals surface area contributed by atoms with Crippen LogP contribution in [0, 0.1) is 0 Å². The molecule has 0 saturated carbocycles. The third-order valence-electron chi connectivity index (χ3n) is 7.94. The van der Waals surface area contributed by atoms with Crippen LogP contribution in [0.2, 0.25) is 0 Å². The number of fused-ring (bicyclic) bond motifs is 2. The molecule has 10 atom stereocenters. The first-order valence-electron chi connectivity index (χ1n) is 14.1. The van der Waals surface area contributed by atoms with Gasteiger partial charge in [0.1, 0.15) is 54.2 Å². The topological polar surface area (TPSA) is 246 Å². The number of hydrogen-bond acceptors (Lipinski definition) is 17. The van der Waals surface area contributed by atoms with Crippen molar-refractivity contribution in [1.29, 1.82) is 0 Å². The third-order valence-corrected chi connectivity index (χ3v) is 7.94. The summed E-state index contributed by atoms with van der Waals surface area (Å²) in [6.45, 7) is -1.31. The van der Waals surface area contributed by atoms with Crippen LogP contribution in [0.5, 0.6) is 28.7 Å². The van der Waals surface area contributed by atoms with Crippen LogP contribution < -0.4 is 29.1 Å². The van der Waals surface area contributed by atoms with Gasteiger partial charge in [0.05, 0.1) is 47.0 Å². The Bertz CT molecular complexity index is 1590. The van der Waals surface area contributed by atoms with Crippen molar-refractivity contribution < 1.29 is 78.1 Å². The van der Waals surface area contributed by atoms with Crippen molar-refractivity contribution in [1.82, 2.24) is 0 Å². The van der Waals surface area contributed by atoms with E-state index in [2.05, 4.69) is 0 Å². The maximum Gasteiger partial charge on any atom is 0.229 e. The molecule has 0 spiro atoms. The molecule has 0 radical (unpaired) electrons. The molecule has 3 heterocycles. The molecule has 2 saturated heterocycles. The number of rotatable bonds is 10. The normalized spacial score (nSPS) is 31.5. The van der Waals surface area contributed by atoms with Crippen LogP contribution in [-0.4, -0.2) is 139 Å². The first-order valence-corrected chi connectivity index (χ1v) is 14.1. The van der Waals surface area contributed by atoms with Gasteiger partial charge in [-0.25, -0.2) is 0 Å². The molecule has 5 rings (SSSR count). The molecule has 17 heteroatoms. The third kappa shape index (κ3) is 5.68. The van der Waals surface area contributed by atoms with Crippen LogP contribution in [0.25, 0.3) is 21.9 Å². The Kier molecular flexibility index (Phi) is 10.1. The SMILES string of the molecule is COc1c(OC)c(OC2OC(COC3OC(CO)C(O)C(O)C3O)C(O)C(O)C2O)c2c(=O)c3cccc(OC)c3oc2c1OC. The molecule has 2 aromatic carbocycles. The van der Waals surface area contributed by atoms with E-state index in [1.165, 1.54) is 34.5 Å². The van der Waals surface area contributed by atoms with Gasteiger partial charge in [0, 0.05) is 0 Å². The molecular weight excluding hydrogens is 620 g/mol. The number of ether oxygens (including phenoxy) is 8. The van der Waals surface area contributed by atoms with Gasteiger partial charge in [-0.15, -0.1) is 0 Å². The largest absolute Gasteiger partial charge is 0.493 e. The monoisotopic (exact) mass is 656 g/mol. The first-order chi connectivity index (χ1) is 22.0. The van der Waals surface area contributed by atoms with Gasteiger partial charge in [0.15, 0.2) is 29.0 Å². The molecule has 7 N–H and O–H groups in total. The highest BCUT2D eigenvalue weighted by molar-refractivity contribution is 6.01. The molecule has 0 bridgehead atoms. The smallest absolute Gasteiger partial charge is 0.229 e. The highest BCUT2D eigenvalue weighted by Gasteiger charge is 2.48. The Hall–Kier alpha value is -3.49. The average Bonchev–Trinajstić information content (AvgIpc) is 3.06. The Morgan fingerprint density at radius 1 is 0.674 bits per heavy atom. The van der Waals surface area contributed by atoms with E-state index in [9.17, 15) is 40.5 Å². The van der Waals surface area contributed by atoms with Gasteiger partial charge in [-0.3, -0.25) is 4.79 Å². The lowest BCUT2D eigenvalue weighted by molar-refractivity contribution is -0.323. The van der Waals surface area contributed by atoms with Crippen molar-refractivity contribution in [3.05, 3.63) is 28.4 Å². The van der Waals surface area contributed by atoms with Gasteiger partial charge in [-0.2, -0.15) is 0 Å². The second-order valence-electron chi connectivity index (χ2n) is 10.6. The number of benzene rings is 2. The fourth-order valence-electron chi connectivity index (χ4n) is 5.47. The summed E-state index contributed by atoms with van der Waals surface area (Å²) in [7, 11) is 5.28. The van der Waals surface area contributed by atoms with Crippen LogP contribution in [-0.2, 0) is 14.2 Å². The highest BCUT2D eigenvalue weighted by Crippen LogP contribution is 2.51. The summed E-state index contributed by atoms with van der Waals surface area (Å²) in [6.07, 6.45) is -16.7. The second kappa shape index (κ2) is 13.7. The van der Waals surface area contributed by atoms with Crippen molar-refractivity contribution in [2.75, 3.05) is 41.7 Å². The van der Waals surface area contributed by atoms with E-state index < -0.39 is 80.1 Å². The molecule has 17 nitrogen and oxygen atoms in total. The van der Waals surface area contributed by atoms with Gasteiger partial charge in [-0.05, 0) is 12.1 Å². The van der Waals surface area contributed by atoms with Crippen molar-refractivity contribution >= 4 is 21.9 Å². The molecular formula is C29H36O17. The average molecular weight is 657 g/mol. The first kappa shape index (κ1) is 33.9. The summed E-state index contributed by atoms with van der Waals surface area (Å²) in [4.78, 5) is 14.0. The molecule has 1 aromatic heterocycles. The Morgan fingerprint density at radius 3 is 1.87 bits per heavy atom. The molecule has 46 heavy (non-hydrogen) atoms. The zero-order chi connectivity index (χ0) is 33.4. The molecule has 0 amide bonds. The fourth-order valence-corrected chi connectivity index (χ4v) is 5.47. The van der Waals surface area contributed by atoms with Crippen molar-refractivity contribution in [3.63, 3.8) is 0 Å². The predicted molar refractivity (Wildman–Crippen MR) is 153 cm³/mol. The van der Waals surface area contributed by atoms with Crippen molar-refractivity contribution in [2.45, 2.75) is 61.4 Å². The maximum atomic E-state index is 14.0. The Labute approximate surface area is 260 Å². The van der Waals surface area contributed by atoms with Gasteiger partial charge in [0.25, 0.3) is 0 Å². The van der Waals surface area contributed by atoms with Crippen LogP contribution >= 0.6 is 0 Å². The van der Waals surface area contributed by atoms with E-state index in [0.717, 1.165) is 0 Å². The molecule has 3 aromatic rings. The summed E-state index contributed by atoms with van der Waals surface area (Å²) in [5.41, 5.74) is -0.653. The van der Waals surface area contributed by atoms with E-state index in [4.69, 9.17) is 42.3 Å². The number of para-hydroxylation sites is 1. The minimum Gasteiger partial charge on any atom is -0.493 e. The lowest BCUT2D eigenvalue weighted by atomic mass is 9.98. The van der Waals surface area contributed by atoms with E-state index in [0.29, 0.717) is 0 Å². The lowest BCUT2D eigenvalue weighted by Gasteiger charge is -2.42. The summed E-state index contributed by atoms with van der Waals surface area (Å²) in [5, 5.41) is 72.0. The molecule has 254 valence electrons. The van der Waals surface area contributed by atoms with E-state index in [1.54, 1.807) is 12.1 Å². The van der Waals surface area contributed by atoms with E-state index in [1.807, 2.05) is 0 Å². The highest BCUT2D eigenvalue weighted by atomic mass is 16.7. The minimum atomic E-state index is -1.89. The Balaban J connectivity index is 1.54. The summed E-state index contributed by atoms with van der Waals surface area (Å²) in [6, 6.07) is 4.66. The van der Waals surface area contributed by atoms with Gasteiger partial charge >= 0.3 is 0 Å². The maximum absolute atomic E-state index is 14.0. The molecule has 2 fully saturated rings. The standard InChI is InChI=1S/C29H36O17/c1-38-11-7-5-6-10-15(31)14-23(45-22(10)11)25(39-2)27(41-4)26(40-3)24(14)46-29-21(37)19(35)17(33)13(44-29)9-42-28-20(36)18(34)16(32)12(8-30)43-28/h5-7,12-13,16-21,28-30,32-37H,8-9H2,1-4H3. The Morgan fingerprint density at radius 2 is 1.26 bits per heavy atom. The summed E-state index contributed by atoms with van der Waals surface area (Å²) >= 11 is 0. The predicted octanol–water partition coefficient (Wildman–Crippen LogP) is -2.02. The number of methoxy groups -OCH3 is 4.